The molecule has 5 N–H and O–H groups in total. The molecule has 3 aromatic heterocycles. The molecule has 0 aliphatic rings. The zero-order valence-corrected chi connectivity index (χ0v) is 12.9. The summed E-state index contributed by atoms with van der Waals surface area (Å²) in [6.07, 6.45) is 1.67. The van der Waals surface area contributed by atoms with Crippen molar-refractivity contribution < 1.29 is 9.32 Å². The second kappa shape index (κ2) is 6.77. The van der Waals surface area contributed by atoms with Gasteiger partial charge in [-0.15, -0.1) is 0 Å². The van der Waals surface area contributed by atoms with Gasteiger partial charge in [-0.1, -0.05) is 5.16 Å². The Balaban J connectivity index is 1.60. The van der Waals surface area contributed by atoms with E-state index < -0.39 is 5.91 Å². The van der Waals surface area contributed by atoms with Gasteiger partial charge in [0.15, 0.2) is 11.6 Å². The number of nitrogens with one attached hydrogen (secondary N) is 3. The standard InChI is InChI=1S/C14H16N8O2/c1-8-4-13(21-20-8)18-12-2-3-16-14(19-12)17-7-10-5-9(22-24-10)6-11(15)23/h2-5H,6-7H2,1H3,(H2,15,23)(H3,16,17,18,19,20,21). The van der Waals surface area contributed by atoms with E-state index in [-0.39, 0.29) is 6.42 Å². The molecule has 0 fully saturated rings. The molecule has 3 rings (SSSR count). The molecule has 0 saturated heterocycles. The molecule has 0 unspecified atom stereocenters. The van der Waals surface area contributed by atoms with Crippen LogP contribution in [0.1, 0.15) is 17.1 Å². The number of aromatic amines is 1. The molecular weight excluding hydrogens is 312 g/mol. The van der Waals surface area contributed by atoms with Gasteiger partial charge in [0.25, 0.3) is 0 Å². The summed E-state index contributed by atoms with van der Waals surface area (Å²) >= 11 is 0. The first-order valence-electron chi connectivity index (χ1n) is 7.17. The maximum absolute atomic E-state index is 10.8. The van der Waals surface area contributed by atoms with Crippen LogP contribution in [-0.4, -0.2) is 31.2 Å². The number of anilines is 3. The van der Waals surface area contributed by atoms with Gasteiger partial charge >= 0.3 is 0 Å². The molecule has 3 aromatic rings. The predicted octanol–water partition coefficient (Wildman–Crippen LogP) is 0.880. The number of primary amides is 1. The molecule has 0 spiro atoms. The van der Waals surface area contributed by atoms with Crippen LogP contribution in [0.25, 0.3) is 0 Å². The fourth-order valence-corrected chi connectivity index (χ4v) is 1.99. The van der Waals surface area contributed by atoms with E-state index in [1.54, 1.807) is 18.3 Å². The van der Waals surface area contributed by atoms with E-state index in [1.165, 1.54) is 0 Å². The minimum atomic E-state index is -0.460. The first-order valence-corrected chi connectivity index (χ1v) is 7.17. The van der Waals surface area contributed by atoms with Crippen LogP contribution in [0.3, 0.4) is 0 Å². The van der Waals surface area contributed by atoms with Gasteiger partial charge in [-0.05, 0) is 13.0 Å². The van der Waals surface area contributed by atoms with E-state index in [0.717, 1.165) is 5.69 Å². The normalized spacial score (nSPS) is 10.5. The average Bonchev–Trinajstić information content (AvgIpc) is 3.14. The van der Waals surface area contributed by atoms with E-state index in [0.29, 0.717) is 35.6 Å². The number of hydrogen-bond acceptors (Lipinski definition) is 8. The Hall–Kier alpha value is -3.43. The third-order valence-corrected chi connectivity index (χ3v) is 3.00. The number of H-pyrrole nitrogens is 1. The molecule has 10 nitrogen and oxygen atoms in total. The third kappa shape index (κ3) is 4.06. The number of rotatable bonds is 7. The molecule has 0 bridgehead atoms. The van der Waals surface area contributed by atoms with Crippen LogP contribution in [0, 0.1) is 6.92 Å². The molecule has 1 amide bonds. The summed E-state index contributed by atoms with van der Waals surface area (Å²) < 4.78 is 5.11. The summed E-state index contributed by atoms with van der Waals surface area (Å²) in [7, 11) is 0. The molecule has 124 valence electrons. The number of hydrogen-bond donors (Lipinski definition) is 4. The number of carbonyl (C=O) groups is 1. The maximum atomic E-state index is 10.8. The van der Waals surface area contributed by atoms with Crippen LogP contribution in [0.4, 0.5) is 17.6 Å². The molecule has 0 aliphatic heterocycles. The summed E-state index contributed by atoms with van der Waals surface area (Å²) in [6, 6.07) is 5.25. The molecule has 10 heteroatoms. The van der Waals surface area contributed by atoms with Gasteiger partial charge in [0.05, 0.1) is 18.7 Å². The first-order chi connectivity index (χ1) is 11.6. The number of amides is 1. The lowest BCUT2D eigenvalue weighted by Gasteiger charge is -2.05. The van der Waals surface area contributed by atoms with Gasteiger partial charge in [-0.3, -0.25) is 9.89 Å². The zero-order valence-electron chi connectivity index (χ0n) is 12.9. The van der Waals surface area contributed by atoms with Gasteiger partial charge in [0.2, 0.25) is 11.9 Å². The molecule has 0 radical (unpaired) electrons. The topological polar surface area (TPSA) is 148 Å². The Morgan fingerprint density at radius 3 is 3.00 bits per heavy atom. The Morgan fingerprint density at radius 1 is 1.38 bits per heavy atom. The quantitative estimate of drug-likeness (QED) is 0.499. The van der Waals surface area contributed by atoms with Crippen molar-refractivity contribution in [2.75, 3.05) is 10.6 Å². The molecule has 3 heterocycles. The van der Waals surface area contributed by atoms with E-state index in [1.807, 2.05) is 13.0 Å². The summed E-state index contributed by atoms with van der Waals surface area (Å²) in [5, 5.41) is 16.8. The number of aromatic nitrogens is 5. The summed E-state index contributed by atoms with van der Waals surface area (Å²) in [5.41, 5.74) is 6.55. The smallest absolute Gasteiger partial charge is 0.224 e. The molecule has 0 aliphatic carbocycles. The number of nitrogens with zero attached hydrogens (tertiary/aromatic N) is 4. The minimum Gasteiger partial charge on any atom is -0.369 e. The number of nitrogens with two attached hydrogens (primary N) is 1. The van der Waals surface area contributed by atoms with Crippen molar-refractivity contribution in [1.29, 1.82) is 0 Å². The molecule has 0 saturated carbocycles. The lowest BCUT2D eigenvalue weighted by molar-refractivity contribution is -0.117. The summed E-state index contributed by atoms with van der Waals surface area (Å²) in [5.74, 6) is 1.78. The van der Waals surface area contributed by atoms with Crippen LogP contribution in [0.2, 0.25) is 0 Å². The predicted molar refractivity (Wildman–Crippen MR) is 85.4 cm³/mol. The van der Waals surface area contributed by atoms with Gasteiger partial charge in [0.1, 0.15) is 5.82 Å². The van der Waals surface area contributed by atoms with E-state index in [9.17, 15) is 4.79 Å². The molecule has 24 heavy (non-hydrogen) atoms. The first kappa shape index (κ1) is 15.5. The third-order valence-electron chi connectivity index (χ3n) is 3.00. The Labute approximate surface area is 136 Å². The Morgan fingerprint density at radius 2 is 2.25 bits per heavy atom. The van der Waals surface area contributed by atoms with Crippen LogP contribution in [0.15, 0.2) is 28.9 Å². The maximum Gasteiger partial charge on any atom is 0.224 e. The second-order valence-corrected chi connectivity index (χ2v) is 5.11. The van der Waals surface area contributed by atoms with Crippen molar-refractivity contribution in [1.82, 2.24) is 25.3 Å². The highest BCUT2D eigenvalue weighted by Gasteiger charge is 2.08. The lowest BCUT2D eigenvalue weighted by Crippen LogP contribution is -2.13. The Bertz CT molecular complexity index is 841. The zero-order chi connectivity index (χ0) is 16.9. The van der Waals surface area contributed by atoms with Crippen LogP contribution < -0.4 is 16.4 Å². The number of aryl methyl sites for hydroxylation is 1. The van der Waals surface area contributed by atoms with Crippen molar-refractivity contribution >= 4 is 23.5 Å². The fraction of sp³-hybridized carbons (Fsp3) is 0.214. The monoisotopic (exact) mass is 328 g/mol. The highest BCUT2D eigenvalue weighted by molar-refractivity contribution is 5.76. The van der Waals surface area contributed by atoms with Gasteiger partial charge < -0.3 is 20.9 Å². The van der Waals surface area contributed by atoms with Crippen molar-refractivity contribution in [2.24, 2.45) is 5.73 Å². The van der Waals surface area contributed by atoms with E-state index in [4.69, 9.17) is 10.3 Å². The van der Waals surface area contributed by atoms with Crippen LogP contribution >= 0.6 is 0 Å². The van der Waals surface area contributed by atoms with Gasteiger partial charge in [-0.2, -0.15) is 10.1 Å². The van der Waals surface area contributed by atoms with Gasteiger partial charge in [0, 0.05) is 24.0 Å². The van der Waals surface area contributed by atoms with E-state index in [2.05, 4.69) is 36.0 Å². The minimum absolute atomic E-state index is 0.0441. The highest BCUT2D eigenvalue weighted by Crippen LogP contribution is 2.14. The SMILES string of the molecule is Cc1cc(Nc2ccnc(NCc3cc(CC(N)=O)no3)n2)n[nH]1. The lowest BCUT2D eigenvalue weighted by atomic mass is 10.3. The Kier molecular flexibility index (Phi) is 4.36. The second-order valence-electron chi connectivity index (χ2n) is 5.11. The largest absolute Gasteiger partial charge is 0.369 e. The van der Waals surface area contributed by atoms with E-state index >= 15 is 0 Å². The van der Waals surface area contributed by atoms with Crippen LogP contribution in [0.5, 0.6) is 0 Å². The van der Waals surface area contributed by atoms with Crippen molar-refractivity contribution in [3.63, 3.8) is 0 Å². The molecular formula is C14H16N8O2. The average molecular weight is 328 g/mol. The van der Waals surface area contributed by atoms with Crippen molar-refractivity contribution in [3.05, 3.63) is 41.5 Å². The number of carbonyl (C=O) groups excluding carboxylic acids is 1. The van der Waals surface area contributed by atoms with Crippen molar-refractivity contribution in [2.45, 2.75) is 19.9 Å². The highest BCUT2D eigenvalue weighted by atomic mass is 16.5. The van der Waals surface area contributed by atoms with Gasteiger partial charge in [-0.25, -0.2) is 4.98 Å². The van der Waals surface area contributed by atoms with Crippen molar-refractivity contribution in [3.8, 4) is 0 Å². The summed E-state index contributed by atoms with van der Waals surface area (Å²) in [4.78, 5) is 19.3. The molecule has 0 aromatic carbocycles. The fourth-order valence-electron chi connectivity index (χ4n) is 1.99. The molecule has 0 atom stereocenters. The van der Waals surface area contributed by atoms with Crippen LogP contribution in [-0.2, 0) is 17.8 Å². The summed E-state index contributed by atoms with van der Waals surface area (Å²) in [6.45, 7) is 2.24.